The van der Waals surface area contributed by atoms with Crippen LogP contribution in [-0.4, -0.2) is 28.8 Å². The third kappa shape index (κ3) is 3.90. The van der Waals surface area contributed by atoms with Gasteiger partial charge in [0.1, 0.15) is 5.75 Å². The van der Waals surface area contributed by atoms with Crippen LogP contribution in [0.3, 0.4) is 0 Å². The zero-order valence-electron chi connectivity index (χ0n) is 15.1. The molecular formula is C21H20N2O3S. The minimum atomic E-state index is 0.0745. The summed E-state index contributed by atoms with van der Waals surface area (Å²) in [5.74, 6) is 1.40. The highest BCUT2D eigenvalue weighted by Gasteiger charge is 2.16. The van der Waals surface area contributed by atoms with Gasteiger partial charge in [-0.05, 0) is 55.0 Å². The predicted octanol–water partition coefficient (Wildman–Crippen LogP) is 4.60. The summed E-state index contributed by atoms with van der Waals surface area (Å²) < 4.78 is 11.0. The lowest BCUT2D eigenvalue weighted by molar-refractivity contribution is 0.102. The topological polar surface area (TPSA) is 65.2 Å². The van der Waals surface area contributed by atoms with E-state index in [1.165, 1.54) is 35.7 Å². The molecule has 0 radical (unpaired) electrons. The third-order valence-electron chi connectivity index (χ3n) is 4.74. The molecule has 0 atom stereocenters. The summed E-state index contributed by atoms with van der Waals surface area (Å²) in [5.41, 5.74) is 4.19. The van der Waals surface area contributed by atoms with E-state index in [2.05, 4.69) is 16.3 Å². The molecule has 1 aliphatic carbocycles. The van der Waals surface area contributed by atoms with Crippen LogP contribution in [0.4, 0.5) is 0 Å². The van der Waals surface area contributed by atoms with Crippen molar-refractivity contribution in [2.24, 2.45) is 0 Å². The van der Waals surface area contributed by atoms with Gasteiger partial charge in [0.25, 0.3) is 11.1 Å². The van der Waals surface area contributed by atoms with Gasteiger partial charge in [0.2, 0.25) is 0 Å². The molecule has 3 aromatic rings. The molecule has 0 aliphatic heterocycles. The molecule has 1 aliphatic rings. The van der Waals surface area contributed by atoms with Crippen LogP contribution in [0.5, 0.6) is 5.75 Å². The van der Waals surface area contributed by atoms with Crippen molar-refractivity contribution in [3.63, 3.8) is 0 Å². The number of rotatable bonds is 6. The van der Waals surface area contributed by atoms with E-state index in [1.807, 2.05) is 36.4 Å². The Morgan fingerprint density at radius 1 is 1.11 bits per heavy atom. The molecule has 1 aromatic heterocycles. The number of aromatic nitrogens is 2. The molecule has 0 spiro atoms. The van der Waals surface area contributed by atoms with E-state index in [9.17, 15) is 4.79 Å². The molecule has 0 unspecified atom stereocenters. The zero-order chi connectivity index (χ0) is 18.6. The molecular weight excluding hydrogens is 360 g/mol. The van der Waals surface area contributed by atoms with Gasteiger partial charge in [-0.15, -0.1) is 10.2 Å². The quantitative estimate of drug-likeness (QED) is 0.460. The largest absolute Gasteiger partial charge is 0.496 e. The molecule has 0 saturated carbocycles. The van der Waals surface area contributed by atoms with Crippen molar-refractivity contribution in [1.29, 1.82) is 0 Å². The number of methoxy groups -OCH3 is 1. The van der Waals surface area contributed by atoms with Gasteiger partial charge < -0.3 is 9.15 Å². The lowest BCUT2D eigenvalue weighted by atomic mass is 9.90. The lowest BCUT2D eigenvalue weighted by Crippen LogP contribution is -2.07. The Bertz CT molecular complexity index is 968. The smallest absolute Gasteiger partial charge is 0.277 e. The number of ether oxygens (including phenoxy) is 1. The van der Waals surface area contributed by atoms with E-state index in [0.717, 1.165) is 24.0 Å². The van der Waals surface area contributed by atoms with Crippen molar-refractivity contribution in [2.45, 2.75) is 30.9 Å². The first-order valence-corrected chi connectivity index (χ1v) is 9.98. The van der Waals surface area contributed by atoms with Crippen LogP contribution in [0.15, 0.2) is 52.1 Å². The van der Waals surface area contributed by atoms with Gasteiger partial charge in [-0.2, -0.15) is 0 Å². The van der Waals surface area contributed by atoms with Crippen molar-refractivity contribution >= 4 is 17.5 Å². The fraction of sp³-hybridized carbons (Fsp3) is 0.286. The van der Waals surface area contributed by atoms with Crippen LogP contribution in [0, 0.1) is 0 Å². The number of fused-ring (bicyclic) bond motifs is 1. The van der Waals surface area contributed by atoms with E-state index in [-0.39, 0.29) is 11.5 Å². The normalized spacial score (nSPS) is 13.2. The van der Waals surface area contributed by atoms with Gasteiger partial charge in [0.05, 0.1) is 18.4 Å². The second kappa shape index (κ2) is 7.96. The van der Waals surface area contributed by atoms with Crippen molar-refractivity contribution in [3.05, 3.63) is 59.2 Å². The molecule has 6 heteroatoms. The Morgan fingerprint density at radius 2 is 1.93 bits per heavy atom. The maximum Gasteiger partial charge on any atom is 0.277 e. The maximum atomic E-state index is 12.6. The fourth-order valence-corrected chi connectivity index (χ4v) is 3.97. The second-order valence-corrected chi connectivity index (χ2v) is 7.40. The van der Waals surface area contributed by atoms with Crippen molar-refractivity contribution in [2.75, 3.05) is 12.9 Å². The first-order chi connectivity index (χ1) is 13.2. The molecule has 2 aromatic carbocycles. The number of para-hydroxylation sites is 1. The lowest BCUT2D eigenvalue weighted by Gasteiger charge is -2.16. The van der Waals surface area contributed by atoms with E-state index in [4.69, 9.17) is 9.15 Å². The van der Waals surface area contributed by atoms with Gasteiger partial charge in [0, 0.05) is 5.56 Å². The summed E-state index contributed by atoms with van der Waals surface area (Å²) >= 11 is 1.26. The molecule has 0 saturated heterocycles. The summed E-state index contributed by atoms with van der Waals surface area (Å²) in [6.07, 6.45) is 4.62. The summed E-state index contributed by atoms with van der Waals surface area (Å²) in [5, 5.41) is 8.49. The predicted molar refractivity (Wildman–Crippen MR) is 104 cm³/mol. The van der Waals surface area contributed by atoms with E-state index < -0.39 is 0 Å². The van der Waals surface area contributed by atoms with Gasteiger partial charge in [0.15, 0.2) is 5.78 Å². The first kappa shape index (κ1) is 17.8. The first-order valence-electron chi connectivity index (χ1n) is 8.99. The minimum Gasteiger partial charge on any atom is -0.496 e. The van der Waals surface area contributed by atoms with E-state index in [1.54, 1.807) is 7.11 Å². The Balaban J connectivity index is 1.43. The van der Waals surface area contributed by atoms with Gasteiger partial charge >= 0.3 is 0 Å². The highest BCUT2D eigenvalue weighted by molar-refractivity contribution is 7.99. The number of ketones is 1. The number of hydrogen-bond acceptors (Lipinski definition) is 6. The number of benzene rings is 2. The summed E-state index contributed by atoms with van der Waals surface area (Å²) in [6, 6.07) is 13.5. The Labute approximate surface area is 162 Å². The van der Waals surface area contributed by atoms with Crippen molar-refractivity contribution < 1.29 is 13.9 Å². The highest BCUT2D eigenvalue weighted by Crippen LogP contribution is 2.30. The summed E-state index contributed by atoms with van der Waals surface area (Å²) in [6.45, 7) is 0. The molecule has 4 rings (SSSR count). The SMILES string of the molecule is COc1ccccc1-c1nnc(SCC(=O)c2ccc3c(c2)CCCC3)o1. The summed E-state index contributed by atoms with van der Waals surface area (Å²) in [4.78, 5) is 12.6. The van der Waals surface area contributed by atoms with Crippen LogP contribution < -0.4 is 4.74 Å². The van der Waals surface area contributed by atoms with Gasteiger partial charge in [-0.3, -0.25) is 4.79 Å². The molecule has 0 N–H and O–H groups in total. The van der Waals surface area contributed by atoms with Crippen molar-refractivity contribution in [3.8, 4) is 17.2 Å². The van der Waals surface area contributed by atoms with Crippen LogP contribution in [-0.2, 0) is 12.8 Å². The third-order valence-corrected chi connectivity index (χ3v) is 5.56. The Kier molecular flexibility index (Phi) is 5.25. The number of carbonyl (C=O) groups excluding carboxylic acids is 1. The van der Waals surface area contributed by atoms with Crippen LogP contribution >= 0.6 is 11.8 Å². The van der Waals surface area contributed by atoms with E-state index >= 15 is 0 Å². The molecule has 5 nitrogen and oxygen atoms in total. The fourth-order valence-electron chi connectivity index (χ4n) is 3.32. The zero-order valence-corrected chi connectivity index (χ0v) is 15.9. The standard InChI is InChI=1S/C21H20N2O3S/c1-25-19-9-5-4-8-17(19)20-22-23-21(26-20)27-13-18(24)16-11-10-14-6-2-3-7-15(14)12-16/h4-5,8-12H,2-3,6-7,13H2,1H3. The number of thioether (sulfide) groups is 1. The average molecular weight is 380 g/mol. The monoisotopic (exact) mass is 380 g/mol. The minimum absolute atomic E-state index is 0.0745. The number of hydrogen-bond donors (Lipinski definition) is 0. The van der Waals surface area contributed by atoms with Gasteiger partial charge in [-0.25, -0.2) is 0 Å². The molecule has 0 fully saturated rings. The van der Waals surface area contributed by atoms with Crippen LogP contribution in [0.1, 0.15) is 34.3 Å². The molecule has 0 amide bonds. The van der Waals surface area contributed by atoms with Gasteiger partial charge in [-0.1, -0.05) is 36.0 Å². The number of carbonyl (C=O) groups is 1. The average Bonchev–Trinajstić information content (AvgIpc) is 3.20. The van der Waals surface area contributed by atoms with Crippen molar-refractivity contribution in [1.82, 2.24) is 10.2 Å². The van der Waals surface area contributed by atoms with E-state index in [0.29, 0.717) is 16.9 Å². The molecule has 1 heterocycles. The second-order valence-electron chi connectivity index (χ2n) is 6.48. The number of Topliss-reactive ketones (excluding diaryl/α,β-unsaturated/α-hetero) is 1. The number of aryl methyl sites for hydroxylation is 2. The molecule has 138 valence electrons. The molecule has 27 heavy (non-hydrogen) atoms. The Hall–Kier alpha value is -2.60. The summed E-state index contributed by atoms with van der Waals surface area (Å²) in [7, 11) is 1.60. The van der Waals surface area contributed by atoms with Crippen LogP contribution in [0.2, 0.25) is 0 Å². The highest BCUT2D eigenvalue weighted by atomic mass is 32.2. The maximum absolute atomic E-state index is 12.6. The number of nitrogens with zero attached hydrogens (tertiary/aromatic N) is 2. The molecule has 0 bridgehead atoms. The Morgan fingerprint density at radius 3 is 2.78 bits per heavy atom. The van der Waals surface area contributed by atoms with Crippen LogP contribution in [0.25, 0.3) is 11.5 Å².